The molecule has 0 radical (unpaired) electrons. The topological polar surface area (TPSA) is 20.2 Å². The summed E-state index contributed by atoms with van der Waals surface area (Å²) in [5.41, 5.74) is 1.90. The van der Waals surface area contributed by atoms with Crippen molar-refractivity contribution < 1.29 is 5.11 Å². The van der Waals surface area contributed by atoms with Crippen LogP contribution in [0.4, 0.5) is 0 Å². The molecule has 0 bridgehead atoms. The Bertz CT molecular complexity index is 130. The maximum Gasteiger partial charge on any atom is 0.0872 e. The van der Waals surface area contributed by atoms with E-state index in [9.17, 15) is 5.11 Å². The SMILES string of the molecule is C=C=C[C@](C)(O)CCCC. The number of unbranched alkanes of at least 4 members (excludes halogenated alkanes) is 1. The second kappa shape index (κ2) is 4.32. The molecule has 0 rings (SSSR count). The van der Waals surface area contributed by atoms with Crippen LogP contribution in [0.25, 0.3) is 0 Å². The van der Waals surface area contributed by atoms with Gasteiger partial charge in [0.15, 0.2) is 0 Å². The molecule has 0 aliphatic rings. The summed E-state index contributed by atoms with van der Waals surface area (Å²) in [5.74, 6) is 0. The first-order chi connectivity index (χ1) is 4.62. The summed E-state index contributed by atoms with van der Waals surface area (Å²) >= 11 is 0. The molecule has 0 aromatic carbocycles. The van der Waals surface area contributed by atoms with E-state index >= 15 is 0 Å². The van der Waals surface area contributed by atoms with Crippen LogP contribution >= 0.6 is 0 Å². The highest BCUT2D eigenvalue weighted by Crippen LogP contribution is 2.13. The standard InChI is InChI=1S/C9H16O/c1-4-6-8-9(3,10)7-5-2/h7,10H,2,4,6,8H2,1,3H3/t9-/m0/s1. The van der Waals surface area contributed by atoms with Crippen LogP contribution in [0, 0.1) is 0 Å². The van der Waals surface area contributed by atoms with Crippen LogP contribution < -0.4 is 0 Å². The summed E-state index contributed by atoms with van der Waals surface area (Å²) < 4.78 is 0. The van der Waals surface area contributed by atoms with Gasteiger partial charge in [0.25, 0.3) is 0 Å². The molecular formula is C9H16O. The zero-order valence-electron chi connectivity index (χ0n) is 6.85. The Labute approximate surface area is 63.1 Å². The Balaban J connectivity index is 3.74. The van der Waals surface area contributed by atoms with E-state index in [0.29, 0.717) is 0 Å². The average Bonchev–Trinajstić information content (AvgIpc) is 1.84. The Morgan fingerprint density at radius 3 is 2.70 bits per heavy atom. The second-order valence-corrected chi connectivity index (χ2v) is 2.81. The van der Waals surface area contributed by atoms with Crippen LogP contribution in [-0.2, 0) is 0 Å². The molecule has 10 heavy (non-hydrogen) atoms. The van der Waals surface area contributed by atoms with Crippen molar-refractivity contribution in [1.82, 2.24) is 0 Å². The Morgan fingerprint density at radius 2 is 2.30 bits per heavy atom. The van der Waals surface area contributed by atoms with Crippen molar-refractivity contribution in [2.75, 3.05) is 0 Å². The average molecular weight is 140 g/mol. The molecule has 1 heteroatoms. The Morgan fingerprint density at radius 1 is 1.70 bits per heavy atom. The van der Waals surface area contributed by atoms with Crippen molar-refractivity contribution in [1.29, 1.82) is 0 Å². The van der Waals surface area contributed by atoms with E-state index in [-0.39, 0.29) is 0 Å². The van der Waals surface area contributed by atoms with Gasteiger partial charge in [0.05, 0.1) is 5.60 Å². The second-order valence-electron chi connectivity index (χ2n) is 2.81. The molecule has 0 aliphatic heterocycles. The van der Waals surface area contributed by atoms with Gasteiger partial charge < -0.3 is 5.11 Å². The minimum Gasteiger partial charge on any atom is -0.385 e. The molecular weight excluding hydrogens is 124 g/mol. The summed E-state index contributed by atoms with van der Waals surface area (Å²) in [6.07, 6.45) is 4.57. The van der Waals surface area contributed by atoms with Crippen molar-refractivity contribution in [2.24, 2.45) is 0 Å². The largest absolute Gasteiger partial charge is 0.385 e. The van der Waals surface area contributed by atoms with Gasteiger partial charge in [-0.15, -0.1) is 5.73 Å². The lowest BCUT2D eigenvalue weighted by Crippen LogP contribution is -2.19. The summed E-state index contributed by atoms with van der Waals surface area (Å²) in [5, 5.41) is 9.49. The highest BCUT2D eigenvalue weighted by molar-refractivity contribution is 4.94. The lowest BCUT2D eigenvalue weighted by molar-refractivity contribution is 0.0993. The lowest BCUT2D eigenvalue weighted by atomic mass is 9.99. The summed E-state index contributed by atoms with van der Waals surface area (Å²) in [7, 11) is 0. The lowest BCUT2D eigenvalue weighted by Gasteiger charge is -2.16. The van der Waals surface area contributed by atoms with Gasteiger partial charge in [-0.1, -0.05) is 26.3 Å². The van der Waals surface area contributed by atoms with E-state index in [0.717, 1.165) is 19.3 Å². The predicted molar refractivity (Wildman–Crippen MR) is 43.9 cm³/mol. The summed E-state index contributed by atoms with van der Waals surface area (Å²) in [6.45, 7) is 7.30. The van der Waals surface area contributed by atoms with Gasteiger partial charge in [-0.2, -0.15) is 0 Å². The molecule has 1 atom stereocenters. The normalized spacial score (nSPS) is 15.5. The number of aliphatic hydroxyl groups is 1. The smallest absolute Gasteiger partial charge is 0.0872 e. The monoisotopic (exact) mass is 140 g/mol. The number of hydrogen-bond donors (Lipinski definition) is 1. The van der Waals surface area contributed by atoms with Gasteiger partial charge in [-0.3, -0.25) is 0 Å². The molecule has 0 saturated heterocycles. The molecule has 0 saturated carbocycles. The van der Waals surface area contributed by atoms with E-state index in [1.165, 1.54) is 0 Å². The fourth-order valence-electron chi connectivity index (χ4n) is 0.827. The van der Waals surface area contributed by atoms with Crippen LogP contribution in [0.1, 0.15) is 33.1 Å². The van der Waals surface area contributed by atoms with Crippen LogP contribution in [0.15, 0.2) is 18.4 Å². The van der Waals surface area contributed by atoms with E-state index in [1.807, 2.05) is 0 Å². The first-order valence-electron chi connectivity index (χ1n) is 3.72. The molecule has 0 fully saturated rings. The quantitative estimate of drug-likeness (QED) is 0.594. The van der Waals surface area contributed by atoms with E-state index in [2.05, 4.69) is 19.2 Å². The minimum absolute atomic E-state index is 0.697. The number of rotatable bonds is 4. The molecule has 58 valence electrons. The Kier molecular flexibility index (Phi) is 4.10. The van der Waals surface area contributed by atoms with Crippen molar-refractivity contribution >= 4 is 0 Å². The van der Waals surface area contributed by atoms with Gasteiger partial charge in [0.1, 0.15) is 0 Å². The van der Waals surface area contributed by atoms with Gasteiger partial charge in [-0.05, 0) is 19.4 Å². The molecule has 0 amide bonds. The van der Waals surface area contributed by atoms with Crippen molar-refractivity contribution in [2.45, 2.75) is 38.7 Å². The molecule has 0 aromatic heterocycles. The fraction of sp³-hybridized carbons (Fsp3) is 0.667. The molecule has 0 heterocycles. The highest BCUT2D eigenvalue weighted by Gasteiger charge is 2.13. The predicted octanol–water partition coefficient (Wildman–Crippen LogP) is 2.27. The zero-order valence-corrected chi connectivity index (χ0v) is 6.85. The van der Waals surface area contributed by atoms with E-state index < -0.39 is 5.60 Å². The first kappa shape index (κ1) is 9.48. The highest BCUT2D eigenvalue weighted by atomic mass is 16.3. The zero-order chi connectivity index (χ0) is 8.04. The first-order valence-corrected chi connectivity index (χ1v) is 3.72. The van der Waals surface area contributed by atoms with Crippen LogP contribution in [-0.4, -0.2) is 10.7 Å². The van der Waals surface area contributed by atoms with Gasteiger partial charge in [-0.25, -0.2) is 0 Å². The molecule has 0 spiro atoms. The fourth-order valence-corrected chi connectivity index (χ4v) is 0.827. The number of hydrogen-bond acceptors (Lipinski definition) is 1. The van der Waals surface area contributed by atoms with Crippen molar-refractivity contribution in [3.63, 3.8) is 0 Å². The van der Waals surface area contributed by atoms with Crippen LogP contribution in [0.2, 0.25) is 0 Å². The van der Waals surface area contributed by atoms with Gasteiger partial charge >= 0.3 is 0 Å². The summed E-state index contributed by atoms with van der Waals surface area (Å²) in [6, 6.07) is 0. The van der Waals surface area contributed by atoms with Gasteiger partial charge in [0.2, 0.25) is 0 Å². The molecule has 0 unspecified atom stereocenters. The molecule has 0 aliphatic carbocycles. The maximum atomic E-state index is 9.49. The third kappa shape index (κ3) is 4.37. The minimum atomic E-state index is -0.697. The third-order valence-electron chi connectivity index (χ3n) is 1.45. The molecule has 1 nitrogen and oxygen atoms in total. The van der Waals surface area contributed by atoms with Crippen molar-refractivity contribution in [3.05, 3.63) is 18.4 Å². The Hall–Kier alpha value is -0.520. The van der Waals surface area contributed by atoms with E-state index in [1.54, 1.807) is 13.0 Å². The van der Waals surface area contributed by atoms with E-state index in [4.69, 9.17) is 0 Å². The van der Waals surface area contributed by atoms with Gasteiger partial charge in [0, 0.05) is 0 Å². The third-order valence-corrected chi connectivity index (χ3v) is 1.45. The van der Waals surface area contributed by atoms with Crippen LogP contribution in [0.5, 0.6) is 0 Å². The summed E-state index contributed by atoms with van der Waals surface area (Å²) in [4.78, 5) is 0. The molecule has 1 N–H and O–H groups in total. The van der Waals surface area contributed by atoms with Crippen molar-refractivity contribution in [3.8, 4) is 0 Å². The maximum absolute atomic E-state index is 9.49. The molecule has 0 aromatic rings. The van der Waals surface area contributed by atoms with Crippen LogP contribution in [0.3, 0.4) is 0 Å².